The molecule has 0 spiro atoms. The molecule has 21 heavy (non-hydrogen) atoms. The van der Waals surface area contributed by atoms with Crippen LogP contribution in [0.25, 0.3) is 0 Å². The summed E-state index contributed by atoms with van der Waals surface area (Å²) in [5.74, 6) is -1.12. The number of carbonyl (C=O) groups is 1. The summed E-state index contributed by atoms with van der Waals surface area (Å²) in [6.45, 7) is 0.118. The Morgan fingerprint density at radius 1 is 1.24 bits per heavy atom. The van der Waals surface area contributed by atoms with Crippen molar-refractivity contribution in [3.63, 3.8) is 0 Å². The van der Waals surface area contributed by atoms with Crippen molar-refractivity contribution >= 4 is 16.0 Å². The first-order valence-corrected chi connectivity index (χ1v) is 7.56. The van der Waals surface area contributed by atoms with Crippen molar-refractivity contribution in [2.75, 3.05) is 6.54 Å². The zero-order chi connectivity index (χ0) is 15.3. The minimum Gasteiger partial charge on any atom is -0.477 e. The van der Waals surface area contributed by atoms with E-state index in [0.717, 1.165) is 0 Å². The van der Waals surface area contributed by atoms with Crippen LogP contribution in [0.15, 0.2) is 47.6 Å². The van der Waals surface area contributed by atoms with Gasteiger partial charge in [0.1, 0.15) is 10.6 Å². The maximum absolute atomic E-state index is 11.9. The van der Waals surface area contributed by atoms with Gasteiger partial charge >= 0.3 is 5.97 Å². The summed E-state index contributed by atoms with van der Waals surface area (Å²) in [6, 6.07) is 7.57. The van der Waals surface area contributed by atoms with E-state index in [-0.39, 0.29) is 17.1 Å². The molecule has 0 saturated carbocycles. The Kier molecular flexibility index (Phi) is 4.61. The van der Waals surface area contributed by atoms with Crippen LogP contribution in [0.5, 0.6) is 0 Å². The molecule has 7 nitrogen and oxygen atoms in total. The van der Waals surface area contributed by atoms with E-state index in [9.17, 15) is 13.2 Å². The predicted octanol–water partition coefficient (Wildman–Crippen LogP) is 0.696. The Morgan fingerprint density at radius 2 is 2.05 bits per heavy atom. The van der Waals surface area contributed by atoms with Crippen LogP contribution in [0.1, 0.15) is 16.2 Å². The first-order chi connectivity index (χ1) is 9.99. The third-order valence-electron chi connectivity index (χ3n) is 2.64. The van der Waals surface area contributed by atoms with E-state index < -0.39 is 16.0 Å². The van der Waals surface area contributed by atoms with Gasteiger partial charge in [0.25, 0.3) is 0 Å². The van der Waals surface area contributed by atoms with Gasteiger partial charge in [-0.2, -0.15) is 0 Å². The van der Waals surface area contributed by atoms with Gasteiger partial charge in [0, 0.05) is 31.1 Å². The summed E-state index contributed by atoms with van der Waals surface area (Å²) >= 11 is 0. The number of aromatic carboxylic acids is 1. The van der Waals surface area contributed by atoms with Crippen LogP contribution in [0.3, 0.4) is 0 Å². The minimum absolute atomic E-state index is 0.0670. The summed E-state index contributed by atoms with van der Waals surface area (Å²) < 4.78 is 26.3. The third-order valence-corrected chi connectivity index (χ3v) is 4.09. The van der Waals surface area contributed by atoms with Crippen LogP contribution in [0.4, 0.5) is 0 Å². The van der Waals surface area contributed by atoms with Crippen molar-refractivity contribution in [3.05, 3.63) is 54.1 Å². The van der Waals surface area contributed by atoms with Crippen molar-refractivity contribution in [1.82, 2.24) is 14.7 Å². The second kappa shape index (κ2) is 6.42. The lowest BCUT2D eigenvalue weighted by Gasteiger charge is -2.06. The van der Waals surface area contributed by atoms with E-state index in [0.29, 0.717) is 12.1 Å². The van der Waals surface area contributed by atoms with Gasteiger partial charge < -0.3 is 5.11 Å². The SMILES string of the molecule is O=C(O)c1cccc(CCNS(=O)(=O)c2cccnc2)n1. The number of hydrogen-bond donors (Lipinski definition) is 2. The largest absolute Gasteiger partial charge is 0.477 e. The summed E-state index contributed by atoms with van der Waals surface area (Å²) in [7, 11) is -3.61. The van der Waals surface area contributed by atoms with Crippen molar-refractivity contribution < 1.29 is 18.3 Å². The van der Waals surface area contributed by atoms with Gasteiger partial charge in [0.15, 0.2) is 0 Å². The molecule has 0 unspecified atom stereocenters. The highest BCUT2D eigenvalue weighted by molar-refractivity contribution is 7.89. The fourth-order valence-electron chi connectivity index (χ4n) is 1.64. The zero-order valence-electron chi connectivity index (χ0n) is 10.9. The van der Waals surface area contributed by atoms with Crippen molar-refractivity contribution in [2.24, 2.45) is 0 Å². The highest BCUT2D eigenvalue weighted by Crippen LogP contribution is 2.06. The van der Waals surface area contributed by atoms with Gasteiger partial charge in [0.2, 0.25) is 10.0 Å². The average molecular weight is 307 g/mol. The standard InChI is InChI=1S/C13H13N3O4S/c17-13(18)12-5-1-3-10(16-12)6-8-15-21(19,20)11-4-2-7-14-9-11/h1-5,7,9,15H,6,8H2,(H,17,18). The number of hydrogen-bond acceptors (Lipinski definition) is 5. The molecule has 0 atom stereocenters. The van der Waals surface area contributed by atoms with E-state index in [4.69, 9.17) is 5.11 Å². The first kappa shape index (κ1) is 15.1. The summed E-state index contributed by atoms with van der Waals surface area (Å²) in [5.41, 5.74) is 0.436. The lowest BCUT2D eigenvalue weighted by atomic mass is 10.2. The number of nitrogens with one attached hydrogen (secondary N) is 1. The molecule has 0 aliphatic heterocycles. The molecule has 0 amide bonds. The predicted molar refractivity (Wildman–Crippen MR) is 74.3 cm³/mol. The van der Waals surface area contributed by atoms with E-state index in [1.54, 1.807) is 12.1 Å². The molecule has 2 N–H and O–H groups in total. The normalized spacial score (nSPS) is 11.2. The highest BCUT2D eigenvalue weighted by Gasteiger charge is 2.13. The molecule has 0 radical (unpaired) electrons. The minimum atomic E-state index is -3.61. The maximum Gasteiger partial charge on any atom is 0.354 e. The Hall–Kier alpha value is -2.32. The number of pyridine rings is 2. The Labute approximate surface area is 121 Å². The van der Waals surface area contributed by atoms with E-state index in [1.165, 1.54) is 30.6 Å². The van der Waals surface area contributed by atoms with Gasteiger partial charge in [-0.05, 0) is 24.3 Å². The number of aromatic nitrogens is 2. The van der Waals surface area contributed by atoms with Gasteiger partial charge in [-0.15, -0.1) is 0 Å². The van der Waals surface area contributed by atoms with Crippen molar-refractivity contribution in [2.45, 2.75) is 11.3 Å². The topological polar surface area (TPSA) is 109 Å². The monoisotopic (exact) mass is 307 g/mol. The Morgan fingerprint density at radius 3 is 2.71 bits per heavy atom. The zero-order valence-corrected chi connectivity index (χ0v) is 11.7. The second-order valence-electron chi connectivity index (χ2n) is 4.16. The lowest BCUT2D eigenvalue weighted by Crippen LogP contribution is -2.26. The lowest BCUT2D eigenvalue weighted by molar-refractivity contribution is 0.0690. The number of rotatable bonds is 6. The summed E-state index contributed by atoms with van der Waals surface area (Å²) in [5, 5.41) is 8.83. The number of carboxylic acids is 1. The van der Waals surface area contributed by atoms with Crippen LogP contribution in [0, 0.1) is 0 Å². The molecule has 0 aromatic carbocycles. The van der Waals surface area contributed by atoms with Gasteiger partial charge in [-0.25, -0.2) is 22.9 Å². The number of nitrogens with zero attached hydrogens (tertiary/aromatic N) is 2. The molecule has 0 aliphatic rings. The van der Waals surface area contributed by atoms with Gasteiger partial charge in [-0.1, -0.05) is 6.07 Å². The molecular weight excluding hydrogens is 294 g/mol. The van der Waals surface area contributed by atoms with Crippen molar-refractivity contribution in [1.29, 1.82) is 0 Å². The fourth-order valence-corrected chi connectivity index (χ4v) is 2.64. The molecule has 2 aromatic heterocycles. The van der Waals surface area contributed by atoms with Gasteiger partial charge in [0.05, 0.1) is 0 Å². The Balaban J connectivity index is 1.98. The fraction of sp³-hybridized carbons (Fsp3) is 0.154. The quantitative estimate of drug-likeness (QED) is 0.813. The van der Waals surface area contributed by atoms with Crippen LogP contribution in [-0.4, -0.2) is 36.0 Å². The molecule has 0 saturated heterocycles. The molecule has 0 aliphatic carbocycles. The molecule has 110 valence electrons. The molecule has 2 aromatic rings. The highest BCUT2D eigenvalue weighted by atomic mass is 32.2. The average Bonchev–Trinajstić information content (AvgIpc) is 2.48. The summed E-state index contributed by atoms with van der Waals surface area (Å²) in [4.78, 5) is 18.5. The first-order valence-electron chi connectivity index (χ1n) is 6.08. The maximum atomic E-state index is 11.9. The molecule has 2 heterocycles. The molecule has 0 bridgehead atoms. The molecule has 2 rings (SSSR count). The van der Waals surface area contributed by atoms with Gasteiger partial charge in [-0.3, -0.25) is 4.98 Å². The molecule has 0 fully saturated rings. The van der Waals surface area contributed by atoms with Crippen molar-refractivity contribution in [3.8, 4) is 0 Å². The number of sulfonamides is 1. The van der Waals surface area contributed by atoms with Crippen LogP contribution in [0.2, 0.25) is 0 Å². The van der Waals surface area contributed by atoms with E-state index >= 15 is 0 Å². The van der Waals surface area contributed by atoms with Crippen LogP contribution >= 0.6 is 0 Å². The van der Waals surface area contributed by atoms with Crippen LogP contribution < -0.4 is 4.72 Å². The smallest absolute Gasteiger partial charge is 0.354 e. The molecule has 8 heteroatoms. The van der Waals surface area contributed by atoms with Crippen LogP contribution in [-0.2, 0) is 16.4 Å². The van der Waals surface area contributed by atoms with E-state index in [1.807, 2.05) is 0 Å². The second-order valence-corrected chi connectivity index (χ2v) is 5.92. The summed E-state index contributed by atoms with van der Waals surface area (Å²) in [6.07, 6.45) is 3.03. The molecular formula is C13H13N3O4S. The third kappa shape index (κ3) is 4.07. The van der Waals surface area contributed by atoms with E-state index in [2.05, 4.69) is 14.7 Å². The number of carboxylic acid groups (broad SMARTS) is 1. The Bertz CT molecular complexity index is 732.